The molecule has 0 bridgehead atoms. The van der Waals surface area contributed by atoms with Gasteiger partial charge in [0.1, 0.15) is 11.8 Å². The van der Waals surface area contributed by atoms with Crippen molar-refractivity contribution >= 4 is 5.69 Å². The molecule has 0 aliphatic carbocycles. The van der Waals surface area contributed by atoms with Crippen LogP contribution >= 0.6 is 0 Å². The van der Waals surface area contributed by atoms with Crippen molar-refractivity contribution in [3.05, 3.63) is 24.0 Å². The molecule has 1 fully saturated rings. The number of nitriles is 1. The number of pyridine rings is 1. The van der Waals surface area contributed by atoms with Crippen LogP contribution in [-0.2, 0) is 0 Å². The van der Waals surface area contributed by atoms with Gasteiger partial charge in [-0.2, -0.15) is 5.26 Å². The second kappa shape index (κ2) is 2.82. The van der Waals surface area contributed by atoms with Crippen molar-refractivity contribution in [2.24, 2.45) is 0 Å². The molecule has 1 saturated heterocycles. The fraction of sp³-hybridized carbons (Fsp3) is 0.333. The van der Waals surface area contributed by atoms with E-state index in [2.05, 4.69) is 9.88 Å². The number of rotatable bonds is 1. The average Bonchev–Trinajstić information content (AvgIpc) is 2.03. The molecule has 0 N–H and O–H groups in total. The van der Waals surface area contributed by atoms with Crippen molar-refractivity contribution < 1.29 is 0 Å². The van der Waals surface area contributed by atoms with Crippen molar-refractivity contribution in [2.75, 3.05) is 18.0 Å². The van der Waals surface area contributed by atoms with E-state index in [1.807, 2.05) is 12.1 Å². The van der Waals surface area contributed by atoms with Gasteiger partial charge >= 0.3 is 0 Å². The zero-order valence-corrected chi connectivity index (χ0v) is 6.70. The zero-order valence-electron chi connectivity index (χ0n) is 6.70. The summed E-state index contributed by atoms with van der Waals surface area (Å²) in [6.45, 7) is 2.24. The van der Waals surface area contributed by atoms with Crippen LogP contribution in [0.4, 0.5) is 5.69 Å². The maximum absolute atomic E-state index is 8.51. The summed E-state index contributed by atoms with van der Waals surface area (Å²) in [7, 11) is 0. The van der Waals surface area contributed by atoms with Gasteiger partial charge in [0.15, 0.2) is 0 Å². The lowest BCUT2D eigenvalue weighted by Gasteiger charge is -2.32. The van der Waals surface area contributed by atoms with E-state index < -0.39 is 0 Å². The van der Waals surface area contributed by atoms with E-state index in [-0.39, 0.29) is 0 Å². The molecular weight excluding hydrogens is 150 g/mol. The molecule has 0 radical (unpaired) electrons. The van der Waals surface area contributed by atoms with Gasteiger partial charge in [-0.15, -0.1) is 0 Å². The van der Waals surface area contributed by atoms with Crippen LogP contribution in [0, 0.1) is 11.3 Å². The molecule has 1 aromatic heterocycles. The first-order valence-electron chi connectivity index (χ1n) is 4.01. The molecule has 12 heavy (non-hydrogen) atoms. The first kappa shape index (κ1) is 7.11. The Morgan fingerprint density at radius 1 is 1.42 bits per heavy atom. The topological polar surface area (TPSA) is 39.9 Å². The monoisotopic (exact) mass is 159 g/mol. The summed E-state index contributed by atoms with van der Waals surface area (Å²) in [5.74, 6) is 0. The lowest BCUT2D eigenvalue weighted by Crippen LogP contribution is -2.36. The summed E-state index contributed by atoms with van der Waals surface area (Å²) in [5.41, 5.74) is 1.61. The van der Waals surface area contributed by atoms with Gasteiger partial charge in [-0.3, -0.25) is 0 Å². The largest absolute Gasteiger partial charge is 0.370 e. The molecule has 0 atom stereocenters. The van der Waals surface area contributed by atoms with Crippen LogP contribution in [0.15, 0.2) is 18.3 Å². The van der Waals surface area contributed by atoms with E-state index in [0.717, 1.165) is 18.8 Å². The van der Waals surface area contributed by atoms with E-state index in [4.69, 9.17) is 5.26 Å². The molecule has 3 heteroatoms. The highest BCUT2D eigenvalue weighted by Gasteiger charge is 2.13. The Morgan fingerprint density at radius 3 is 2.67 bits per heavy atom. The van der Waals surface area contributed by atoms with Gasteiger partial charge in [0.25, 0.3) is 0 Å². The number of nitrogens with zero attached hydrogens (tertiary/aromatic N) is 3. The number of aromatic nitrogens is 1. The third-order valence-corrected chi connectivity index (χ3v) is 2.08. The van der Waals surface area contributed by atoms with Crippen molar-refractivity contribution in [3.8, 4) is 6.07 Å². The van der Waals surface area contributed by atoms with E-state index in [1.165, 1.54) is 6.42 Å². The van der Waals surface area contributed by atoms with E-state index >= 15 is 0 Å². The van der Waals surface area contributed by atoms with Gasteiger partial charge in [0.2, 0.25) is 0 Å². The smallest absolute Gasteiger partial charge is 0.140 e. The normalized spacial score (nSPS) is 15.1. The molecule has 0 saturated carbocycles. The number of hydrogen-bond acceptors (Lipinski definition) is 3. The minimum Gasteiger partial charge on any atom is -0.370 e. The van der Waals surface area contributed by atoms with Gasteiger partial charge in [-0.25, -0.2) is 4.98 Å². The molecule has 1 aromatic rings. The minimum absolute atomic E-state index is 0.485. The Balaban J connectivity index is 2.19. The zero-order chi connectivity index (χ0) is 8.39. The molecule has 2 rings (SSSR count). The van der Waals surface area contributed by atoms with Gasteiger partial charge in [-0.05, 0) is 18.6 Å². The highest BCUT2D eigenvalue weighted by Crippen LogP contribution is 2.18. The summed E-state index contributed by atoms with van der Waals surface area (Å²) >= 11 is 0. The van der Waals surface area contributed by atoms with Crippen molar-refractivity contribution in [1.29, 1.82) is 5.26 Å². The average molecular weight is 159 g/mol. The van der Waals surface area contributed by atoms with Crippen LogP contribution in [0.3, 0.4) is 0 Å². The second-order valence-corrected chi connectivity index (χ2v) is 2.85. The molecule has 1 aliphatic rings. The van der Waals surface area contributed by atoms with Crippen LogP contribution in [-0.4, -0.2) is 18.1 Å². The maximum Gasteiger partial charge on any atom is 0.140 e. The van der Waals surface area contributed by atoms with Crippen LogP contribution in [0.2, 0.25) is 0 Å². The highest BCUT2D eigenvalue weighted by molar-refractivity contribution is 5.47. The third-order valence-electron chi connectivity index (χ3n) is 2.08. The Hall–Kier alpha value is -1.56. The Bertz CT molecular complexity index is 306. The van der Waals surface area contributed by atoms with Crippen molar-refractivity contribution in [3.63, 3.8) is 0 Å². The summed E-state index contributed by atoms with van der Waals surface area (Å²) in [4.78, 5) is 6.24. The van der Waals surface area contributed by atoms with Gasteiger partial charge in [-0.1, -0.05) is 0 Å². The third kappa shape index (κ3) is 1.12. The fourth-order valence-corrected chi connectivity index (χ4v) is 1.21. The quantitative estimate of drug-likeness (QED) is 0.617. The van der Waals surface area contributed by atoms with Crippen LogP contribution in [0.5, 0.6) is 0 Å². The Morgan fingerprint density at radius 2 is 2.25 bits per heavy atom. The van der Waals surface area contributed by atoms with Gasteiger partial charge in [0, 0.05) is 13.1 Å². The predicted octanol–water partition coefficient (Wildman–Crippen LogP) is 1.16. The van der Waals surface area contributed by atoms with Gasteiger partial charge < -0.3 is 4.90 Å². The highest BCUT2D eigenvalue weighted by atomic mass is 15.2. The first-order valence-corrected chi connectivity index (χ1v) is 4.01. The summed E-state index contributed by atoms with van der Waals surface area (Å²) in [6, 6.07) is 5.71. The molecule has 0 unspecified atom stereocenters. The Labute approximate surface area is 71.3 Å². The van der Waals surface area contributed by atoms with E-state index in [9.17, 15) is 0 Å². The standard InChI is InChI=1S/C9H9N3/c10-6-8-2-3-9(7-11-8)12-4-1-5-12/h2-3,7H,1,4-5H2. The maximum atomic E-state index is 8.51. The van der Waals surface area contributed by atoms with Crippen molar-refractivity contribution in [2.45, 2.75) is 6.42 Å². The molecule has 0 aromatic carbocycles. The lowest BCUT2D eigenvalue weighted by molar-refractivity contribution is 0.616. The van der Waals surface area contributed by atoms with E-state index in [0.29, 0.717) is 5.69 Å². The molecule has 0 amide bonds. The predicted molar refractivity (Wildman–Crippen MR) is 45.8 cm³/mol. The number of hydrogen-bond donors (Lipinski definition) is 0. The molecule has 0 spiro atoms. The van der Waals surface area contributed by atoms with Gasteiger partial charge in [0.05, 0.1) is 11.9 Å². The number of anilines is 1. The Kier molecular flexibility index (Phi) is 1.67. The van der Waals surface area contributed by atoms with E-state index in [1.54, 1.807) is 12.3 Å². The first-order chi connectivity index (χ1) is 5.90. The molecule has 3 nitrogen and oxygen atoms in total. The SMILES string of the molecule is N#Cc1ccc(N2CCC2)cn1. The minimum atomic E-state index is 0.485. The molecule has 60 valence electrons. The molecular formula is C9H9N3. The van der Waals surface area contributed by atoms with Crippen LogP contribution < -0.4 is 4.90 Å². The van der Waals surface area contributed by atoms with Crippen molar-refractivity contribution in [1.82, 2.24) is 4.98 Å². The second-order valence-electron chi connectivity index (χ2n) is 2.85. The van der Waals surface area contributed by atoms with Crippen LogP contribution in [0.25, 0.3) is 0 Å². The molecule has 2 heterocycles. The lowest BCUT2D eigenvalue weighted by atomic mass is 10.2. The summed E-state index contributed by atoms with van der Waals surface area (Å²) in [5, 5.41) is 8.51. The summed E-state index contributed by atoms with van der Waals surface area (Å²) in [6.07, 6.45) is 3.03. The summed E-state index contributed by atoms with van der Waals surface area (Å²) < 4.78 is 0. The fourth-order valence-electron chi connectivity index (χ4n) is 1.21. The molecule has 1 aliphatic heterocycles. The van der Waals surface area contributed by atoms with Crippen LogP contribution in [0.1, 0.15) is 12.1 Å².